The largest absolute Gasteiger partial charge is 0.276 e. The van der Waals surface area contributed by atoms with Crippen molar-refractivity contribution >= 4 is 44.5 Å². The van der Waals surface area contributed by atoms with Crippen LogP contribution in [0.2, 0.25) is 0 Å². The summed E-state index contributed by atoms with van der Waals surface area (Å²) in [7, 11) is 0. The van der Waals surface area contributed by atoms with Crippen LogP contribution in [0.25, 0.3) is 10.8 Å². The van der Waals surface area contributed by atoms with Gasteiger partial charge < -0.3 is 0 Å². The molecule has 0 heterocycles. The van der Waals surface area contributed by atoms with E-state index in [1.165, 1.54) is 6.07 Å². The molecule has 0 atom stereocenters. The summed E-state index contributed by atoms with van der Waals surface area (Å²) in [4.78, 5) is 22.3. The average molecular weight is 253 g/mol. The highest BCUT2D eigenvalue weighted by Crippen LogP contribution is 2.23. The van der Waals surface area contributed by atoms with E-state index in [1.54, 1.807) is 24.3 Å². The first-order valence-corrected chi connectivity index (χ1v) is 5.27. The van der Waals surface area contributed by atoms with E-state index in [1.807, 2.05) is 6.07 Å². The lowest BCUT2D eigenvalue weighted by Crippen LogP contribution is -1.96. The van der Waals surface area contributed by atoms with Gasteiger partial charge in [-0.3, -0.25) is 9.59 Å². The smallest absolute Gasteiger partial charge is 0.253 e. The van der Waals surface area contributed by atoms with Crippen LogP contribution >= 0.6 is 23.2 Å². The number of hydrogen-bond donors (Lipinski definition) is 0. The maximum Gasteiger partial charge on any atom is 0.253 e. The molecule has 0 radical (unpaired) electrons. The average Bonchev–Trinajstić information content (AvgIpc) is 2.27. The summed E-state index contributed by atoms with van der Waals surface area (Å²) in [5.41, 5.74) is 0.563. The van der Waals surface area contributed by atoms with Gasteiger partial charge in [0, 0.05) is 11.1 Å². The fourth-order valence-electron chi connectivity index (χ4n) is 1.59. The normalized spacial score (nSPS) is 10.4. The van der Waals surface area contributed by atoms with E-state index in [-0.39, 0.29) is 5.56 Å². The summed E-state index contributed by atoms with van der Waals surface area (Å²) < 4.78 is 0. The third kappa shape index (κ3) is 1.94. The molecule has 2 aromatic carbocycles. The fourth-order valence-corrected chi connectivity index (χ4v) is 1.85. The molecule has 0 saturated carbocycles. The van der Waals surface area contributed by atoms with Crippen LogP contribution in [-0.4, -0.2) is 10.5 Å². The summed E-state index contributed by atoms with van der Waals surface area (Å²) in [6.45, 7) is 0. The van der Waals surface area contributed by atoms with E-state index < -0.39 is 10.5 Å². The Labute approximate surface area is 102 Å². The molecule has 0 N–H and O–H groups in total. The Balaban J connectivity index is 2.84. The van der Waals surface area contributed by atoms with Gasteiger partial charge in [-0.1, -0.05) is 24.3 Å². The molecule has 0 aliphatic carbocycles. The van der Waals surface area contributed by atoms with E-state index in [0.29, 0.717) is 10.9 Å². The zero-order valence-electron chi connectivity index (χ0n) is 8.04. The Kier molecular flexibility index (Phi) is 2.95. The topological polar surface area (TPSA) is 34.1 Å². The minimum absolute atomic E-state index is 0.268. The van der Waals surface area contributed by atoms with Gasteiger partial charge in [0.1, 0.15) is 0 Å². The monoisotopic (exact) mass is 252 g/mol. The fraction of sp³-hybridized carbons (Fsp3) is 0. The van der Waals surface area contributed by atoms with Crippen LogP contribution in [0.1, 0.15) is 20.7 Å². The van der Waals surface area contributed by atoms with Crippen molar-refractivity contribution in [2.45, 2.75) is 0 Å². The van der Waals surface area contributed by atoms with Crippen LogP contribution in [0.3, 0.4) is 0 Å². The van der Waals surface area contributed by atoms with Crippen molar-refractivity contribution in [3.63, 3.8) is 0 Å². The van der Waals surface area contributed by atoms with Gasteiger partial charge in [0.25, 0.3) is 10.5 Å². The van der Waals surface area contributed by atoms with Crippen molar-refractivity contribution in [1.29, 1.82) is 0 Å². The van der Waals surface area contributed by atoms with Crippen LogP contribution in [0.4, 0.5) is 0 Å². The predicted octanol–water partition coefficient (Wildman–Crippen LogP) is 3.60. The molecule has 0 fully saturated rings. The van der Waals surface area contributed by atoms with E-state index in [0.717, 1.165) is 5.39 Å². The SMILES string of the molecule is O=C(Cl)c1cc(C(=O)Cl)c2ccccc2c1. The number of rotatable bonds is 2. The van der Waals surface area contributed by atoms with Crippen LogP contribution in [0.5, 0.6) is 0 Å². The highest BCUT2D eigenvalue weighted by atomic mass is 35.5. The molecule has 4 heteroatoms. The van der Waals surface area contributed by atoms with Gasteiger partial charge in [-0.05, 0) is 46.1 Å². The number of fused-ring (bicyclic) bond motifs is 1. The summed E-state index contributed by atoms with van der Waals surface area (Å²) in [5.74, 6) is 0. The molecule has 0 amide bonds. The van der Waals surface area contributed by atoms with Gasteiger partial charge in [0.2, 0.25) is 0 Å². The summed E-state index contributed by atoms with van der Waals surface area (Å²) in [6, 6.07) is 10.2. The van der Waals surface area contributed by atoms with Crippen molar-refractivity contribution in [3.8, 4) is 0 Å². The molecular weight excluding hydrogens is 247 g/mol. The zero-order chi connectivity index (χ0) is 11.7. The lowest BCUT2D eigenvalue weighted by atomic mass is 10.0. The molecule has 0 aliphatic heterocycles. The first-order chi connectivity index (χ1) is 7.59. The maximum absolute atomic E-state index is 11.2. The number of carbonyl (C=O) groups excluding carboxylic acids is 2. The molecule has 0 aromatic heterocycles. The first kappa shape index (κ1) is 11.1. The number of halogens is 2. The standard InChI is InChI=1S/C12H6Cl2O2/c13-11(15)8-5-7-3-1-2-4-9(7)10(6-8)12(14)16/h1-6H. The third-order valence-electron chi connectivity index (χ3n) is 2.30. The quantitative estimate of drug-likeness (QED) is 0.766. The van der Waals surface area contributed by atoms with Crippen LogP contribution in [0.15, 0.2) is 36.4 Å². The van der Waals surface area contributed by atoms with Crippen LogP contribution < -0.4 is 0 Å². The molecule has 2 nitrogen and oxygen atoms in total. The van der Waals surface area contributed by atoms with Crippen LogP contribution in [0, 0.1) is 0 Å². The van der Waals surface area contributed by atoms with E-state index in [4.69, 9.17) is 23.2 Å². The second kappa shape index (κ2) is 4.24. The third-order valence-corrected chi connectivity index (χ3v) is 2.72. The Hall–Kier alpha value is -1.38. The Morgan fingerprint density at radius 2 is 1.62 bits per heavy atom. The molecule has 0 bridgehead atoms. The molecule has 0 saturated heterocycles. The lowest BCUT2D eigenvalue weighted by Gasteiger charge is -2.04. The molecular formula is C12H6Cl2O2. The summed E-state index contributed by atoms with van der Waals surface area (Å²) >= 11 is 10.9. The highest BCUT2D eigenvalue weighted by Gasteiger charge is 2.12. The predicted molar refractivity (Wildman–Crippen MR) is 64.3 cm³/mol. The van der Waals surface area contributed by atoms with Gasteiger partial charge >= 0.3 is 0 Å². The summed E-state index contributed by atoms with van der Waals surface area (Å²) in [6.07, 6.45) is 0. The van der Waals surface area contributed by atoms with Gasteiger partial charge in [-0.15, -0.1) is 0 Å². The molecule has 80 valence electrons. The van der Waals surface area contributed by atoms with E-state index >= 15 is 0 Å². The van der Waals surface area contributed by atoms with Gasteiger partial charge in [-0.2, -0.15) is 0 Å². The Morgan fingerprint density at radius 3 is 2.25 bits per heavy atom. The highest BCUT2D eigenvalue weighted by molar-refractivity contribution is 6.69. The van der Waals surface area contributed by atoms with Crippen molar-refractivity contribution < 1.29 is 9.59 Å². The van der Waals surface area contributed by atoms with E-state index in [2.05, 4.69) is 0 Å². The van der Waals surface area contributed by atoms with Crippen molar-refractivity contribution in [1.82, 2.24) is 0 Å². The van der Waals surface area contributed by atoms with Crippen LogP contribution in [-0.2, 0) is 0 Å². The number of carbonyl (C=O) groups is 2. The Morgan fingerprint density at radius 1 is 0.938 bits per heavy atom. The molecule has 16 heavy (non-hydrogen) atoms. The summed E-state index contributed by atoms with van der Waals surface area (Å²) in [5, 5.41) is 0.267. The minimum Gasteiger partial charge on any atom is -0.276 e. The van der Waals surface area contributed by atoms with Crippen molar-refractivity contribution in [2.75, 3.05) is 0 Å². The molecule has 0 spiro atoms. The molecule has 2 rings (SSSR count). The second-order valence-corrected chi connectivity index (χ2v) is 3.98. The van der Waals surface area contributed by atoms with Gasteiger partial charge in [-0.25, -0.2) is 0 Å². The number of hydrogen-bond acceptors (Lipinski definition) is 2. The van der Waals surface area contributed by atoms with Gasteiger partial charge in [0.05, 0.1) is 0 Å². The molecule has 2 aromatic rings. The number of benzene rings is 2. The maximum atomic E-state index is 11.2. The van der Waals surface area contributed by atoms with Crippen molar-refractivity contribution in [2.24, 2.45) is 0 Å². The Bertz CT molecular complexity index is 591. The van der Waals surface area contributed by atoms with Crippen molar-refractivity contribution in [3.05, 3.63) is 47.5 Å². The molecule has 0 aliphatic rings. The lowest BCUT2D eigenvalue weighted by molar-refractivity contribution is 0.108. The first-order valence-electron chi connectivity index (χ1n) is 4.52. The van der Waals surface area contributed by atoms with Gasteiger partial charge in [0.15, 0.2) is 0 Å². The minimum atomic E-state index is -0.607. The second-order valence-electron chi connectivity index (χ2n) is 3.29. The molecule has 0 unspecified atom stereocenters. The van der Waals surface area contributed by atoms with E-state index in [9.17, 15) is 9.59 Å². The zero-order valence-corrected chi connectivity index (χ0v) is 9.55.